The van der Waals surface area contributed by atoms with Crippen LogP contribution in [0.5, 0.6) is 5.75 Å². The lowest BCUT2D eigenvalue weighted by Crippen LogP contribution is -2.23. The summed E-state index contributed by atoms with van der Waals surface area (Å²) in [6.45, 7) is 0. The first-order valence-electron chi connectivity index (χ1n) is 5.92. The van der Waals surface area contributed by atoms with Crippen LogP contribution < -0.4 is 5.32 Å². The predicted molar refractivity (Wildman–Crippen MR) is 69.6 cm³/mol. The molecule has 0 fully saturated rings. The van der Waals surface area contributed by atoms with Crippen molar-refractivity contribution in [3.05, 3.63) is 59.7 Å². The van der Waals surface area contributed by atoms with Gasteiger partial charge in [-0.1, -0.05) is 30.3 Å². The molecule has 0 saturated carbocycles. The summed E-state index contributed by atoms with van der Waals surface area (Å²) in [6.07, 6.45) is 0.417. The molecule has 18 heavy (non-hydrogen) atoms. The number of phenolic OH excluding ortho intramolecular Hbond substituents is 1. The van der Waals surface area contributed by atoms with Gasteiger partial charge in [0, 0.05) is 18.0 Å². The summed E-state index contributed by atoms with van der Waals surface area (Å²) >= 11 is 0. The topological polar surface area (TPSA) is 49.3 Å². The number of benzene rings is 2. The molecule has 0 saturated heterocycles. The van der Waals surface area contributed by atoms with E-state index in [1.165, 1.54) is 0 Å². The van der Waals surface area contributed by atoms with E-state index in [0.29, 0.717) is 6.42 Å². The van der Waals surface area contributed by atoms with Crippen molar-refractivity contribution in [2.24, 2.45) is 0 Å². The molecule has 2 aromatic carbocycles. The fourth-order valence-electron chi connectivity index (χ4n) is 2.43. The molecule has 0 spiro atoms. The average molecular weight is 239 g/mol. The maximum atomic E-state index is 11.7. The summed E-state index contributed by atoms with van der Waals surface area (Å²) in [5.41, 5.74) is 2.86. The number of carbonyl (C=O) groups is 1. The van der Waals surface area contributed by atoms with Crippen LogP contribution in [0.1, 0.15) is 23.5 Å². The number of phenols is 1. The summed E-state index contributed by atoms with van der Waals surface area (Å²) in [4.78, 5) is 11.7. The van der Waals surface area contributed by atoms with E-state index in [4.69, 9.17) is 0 Å². The van der Waals surface area contributed by atoms with E-state index in [1.54, 1.807) is 18.2 Å². The minimum atomic E-state index is 0.0158. The van der Waals surface area contributed by atoms with Gasteiger partial charge in [0.15, 0.2) is 0 Å². The highest BCUT2D eigenvalue weighted by atomic mass is 16.3. The molecule has 2 N–H and O–H groups in total. The Morgan fingerprint density at radius 3 is 2.67 bits per heavy atom. The van der Waals surface area contributed by atoms with Crippen molar-refractivity contribution in [3.63, 3.8) is 0 Å². The number of anilines is 1. The molecular formula is C15H13NO2. The van der Waals surface area contributed by atoms with Gasteiger partial charge in [-0.25, -0.2) is 0 Å². The molecule has 1 amide bonds. The van der Waals surface area contributed by atoms with Crippen molar-refractivity contribution in [1.82, 2.24) is 0 Å². The van der Waals surface area contributed by atoms with Gasteiger partial charge in [-0.05, 0) is 29.3 Å². The molecule has 0 bridgehead atoms. The van der Waals surface area contributed by atoms with Gasteiger partial charge < -0.3 is 10.4 Å². The zero-order valence-corrected chi connectivity index (χ0v) is 9.76. The Labute approximate surface area is 105 Å². The molecule has 90 valence electrons. The lowest BCUT2D eigenvalue weighted by Gasteiger charge is -2.26. The monoisotopic (exact) mass is 239 g/mol. The number of nitrogens with one attached hydrogen (secondary N) is 1. The van der Waals surface area contributed by atoms with E-state index < -0.39 is 0 Å². The number of aromatic hydroxyl groups is 1. The van der Waals surface area contributed by atoms with Crippen LogP contribution in [0.4, 0.5) is 5.69 Å². The maximum Gasteiger partial charge on any atom is 0.225 e. The van der Waals surface area contributed by atoms with E-state index in [2.05, 4.69) is 5.32 Å². The largest absolute Gasteiger partial charge is 0.508 e. The van der Waals surface area contributed by atoms with Crippen molar-refractivity contribution in [2.45, 2.75) is 12.3 Å². The van der Waals surface area contributed by atoms with Crippen LogP contribution in [0, 0.1) is 0 Å². The first-order valence-corrected chi connectivity index (χ1v) is 5.92. The number of fused-ring (bicyclic) bond motifs is 1. The second-order valence-corrected chi connectivity index (χ2v) is 4.49. The third-order valence-corrected chi connectivity index (χ3v) is 3.28. The van der Waals surface area contributed by atoms with Crippen molar-refractivity contribution in [2.75, 3.05) is 5.32 Å². The highest BCUT2D eigenvalue weighted by Crippen LogP contribution is 2.38. The molecule has 3 nitrogen and oxygen atoms in total. The number of carbonyl (C=O) groups excluding carboxylic acids is 1. The van der Waals surface area contributed by atoms with Gasteiger partial charge in [0.25, 0.3) is 0 Å². The van der Waals surface area contributed by atoms with Crippen LogP contribution in [-0.2, 0) is 4.79 Å². The quantitative estimate of drug-likeness (QED) is 0.752. The van der Waals surface area contributed by atoms with E-state index in [0.717, 1.165) is 16.8 Å². The number of hydrogen-bond donors (Lipinski definition) is 2. The molecule has 1 aliphatic rings. The third-order valence-electron chi connectivity index (χ3n) is 3.28. The van der Waals surface area contributed by atoms with Gasteiger partial charge in [0.1, 0.15) is 5.75 Å². The Kier molecular flexibility index (Phi) is 2.52. The lowest BCUT2D eigenvalue weighted by atomic mass is 9.85. The Hall–Kier alpha value is -2.29. The molecule has 1 unspecified atom stereocenters. The fourth-order valence-corrected chi connectivity index (χ4v) is 2.43. The molecule has 1 atom stereocenters. The maximum absolute atomic E-state index is 11.7. The molecule has 1 heterocycles. The van der Waals surface area contributed by atoms with E-state index in [1.807, 2.05) is 30.3 Å². The van der Waals surface area contributed by atoms with Crippen LogP contribution in [0.3, 0.4) is 0 Å². The van der Waals surface area contributed by atoms with E-state index >= 15 is 0 Å². The molecule has 0 radical (unpaired) electrons. The van der Waals surface area contributed by atoms with Gasteiger partial charge in [0.05, 0.1) is 0 Å². The predicted octanol–water partition coefficient (Wildman–Crippen LogP) is 2.87. The number of rotatable bonds is 1. The zero-order valence-electron chi connectivity index (χ0n) is 9.76. The van der Waals surface area contributed by atoms with Crippen molar-refractivity contribution >= 4 is 11.6 Å². The molecular weight excluding hydrogens is 226 g/mol. The second-order valence-electron chi connectivity index (χ2n) is 4.49. The van der Waals surface area contributed by atoms with Gasteiger partial charge in [-0.15, -0.1) is 0 Å². The minimum Gasteiger partial charge on any atom is -0.508 e. The zero-order chi connectivity index (χ0) is 12.5. The van der Waals surface area contributed by atoms with Crippen LogP contribution in [-0.4, -0.2) is 11.0 Å². The standard InChI is InChI=1S/C15H13NO2/c17-11-6-7-14-13(8-11)12(9-15(18)16-14)10-4-2-1-3-5-10/h1-8,12,17H,9H2,(H,16,18). The van der Waals surface area contributed by atoms with Gasteiger partial charge in [0.2, 0.25) is 5.91 Å². The van der Waals surface area contributed by atoms with Crippen LogP contribution in [0.25, 0.3) is 0 Å². The van der Waals surface area contributed by atoms with Crippen LogP contribution >= 0.6 is 0 Å². The van der Waals surface area contributed by atoms with Crippen molar-refractivity contribution in [1.29, 1.82) is 0 Å². The lowest BCUT2D eigenvalue weighted by molar-refractivity contribution is -0.116. The Bertz CT molecular complexity index is 593. The first-order chi connectivity index (χ1) is 8.74. The number of hydrogen-bond acceptors (Lipinski definition) is 2. The average Bonchev–Trinajstić information content (AvgIpc) is 2.39. The molecule has 0 aliphatic carbocycles. The molecule has 0 aromatic heterocycles. The highest BCUT2D eigenvalue weighted by Gasteiger charge is 2.26. The Morgan fingerprint density at radius 2 is 1.89 bits per heavy atom. The highest BCUT2D eigenvalue weighted by molar-refractivity contribution is 5.95. The van der Waals surface area contributed by atoms with Crippen molar-refractivity contribution < 1.29 is 9.90 Å². The van der Waals surface area contributed by atoms with Crippen LogP contribution in [0.2, 0.25) is 0 Å². The Balaban J connectivity index is 2.12. The summed E-state index contributed by atoms with van der Waals surface area (Å²) < 4.78 is 0. The van der Waals surface area contributed by atoms with Gasteiger partial charge in [-0.2, -0.15) is 0 Å². The second kappa shape index (κ2) is 4.18. The molecule has 3 rings (SSSR count). The van der Waals surface area contributed by atoms with E-state index in [-0.39, 0.29) is 17.6 Å². The Morgan fingerprint density at radius 1 is 1.11 bits per heavy atom. The first kappa shape index (κ1) is 10.8. The third kappa shape index (κ3) is 1.84. The van der Waals surface area contributed by atoms with Gasteiger partial charge >= 0.3 is 0 Å². The summed E-state index contributed by atoms with van der Waals surface area (Å²) in [5, 5.41) is 12.4. The summed E-state index contributed by atoms with van der Waals surface area (Å²) in [5.74, 6) is 0.259. The van der Waals surface area contributed by atoms with Gasteiger partial charge in [-0.3, -0.25) is 4.79 Å². The molecule has 1 aliphatic heterocycles. The minimum absolute atomic E-state index is 0.0158. The summed E-state index contributed by atoms with van der Waals surface area (Å²) in [6, 6.07) is 15.0. The van der Waals surface area contributed by atoms with E-state index in [9.17, 15) is 9.90 Å². The SMILES string of the molecule is O=C1CC(c2ccccc2)c2cc(O)ccc2N1. The normalized spacial score (nSPS) is 18.0. The summed E-state index contributed by atoms with van der Waals surface area (Å²) in [7, 11) is 0. The van der Waals surface area contributed by atoms with Crippen molar-refractivity contribution in [3.8, 4) is 5.75 Å². The fraction of sp³-hybridized carbons (Fsp3) is 0.133. The smallest absolute Gasteiger partial charge is 0.225 e. The van der Waals surface area contributed by atoms with Crippen LogP contribution in [0.15, 0.2) is 48.5 Å². The molecule has 3 heteroatoms. The molecule has 2 aromatic rings. The number of amides is 1.